The third-order valence-corrected chi connectivity index (χ3v) is 5.08. The Balaban J connectivity index is 0.00000320. The zero-order valence-corrected chi connectivity index (χ0v) is 20.7. The fraction of sp³-hybridized carbons (Fsp3) is 0.524. The molecule has 164 valence electrons. The molecule has 0 fully saturated rings. The Morgan fingerprint density at radius 2 is 1.77 bits per heavy atom. The number of aliphatic imine (C=N–C) groups is 1. The summed E-state index contributed by atoms with van der Waals surface area (Å²) in [7, 11) is 1.97. The molecule has 0 unspecified atom stereocenters. The molecular formula is C21H33IN8. The number of fused-ring (bicyclic) bond motifs is 1. The molecule has 0 aliphatic rings. The minimum absolute atomic E-state index is 0. The van der Waals surface area contributed by atoms with Crippen molar-refractivity contribution >= 4 is 41.0 Å². The molecule has 0 spiro atoms. The first-order chi connectivity index (χ1) is 14.1. The Morgan fingerprint density at radius 1 is 1.03 bits per heavy atom. The van der Waals surface area contributed by atoms with Crippen LogP contribution in [0.25, 0.3) is 11.0 Å². The van der Waals surface area contributed by atoms with Crippen molar-refractivity contribution in [3.05, 3.63) is 41.7 Å². The first-order valence-electron chi connectivity index (χ1n) is 10.4. The van der Waals surface area contributed by atoms with Gasteiger partial charge in [-0.05, 0) is 38.8 Å². The molecular weight excluding hydrogens is 491 g/mol. The molecule has 0 aliphatic carbocycles. The Hall–Kier alpha value is -2.17. The van der Waals surface area contributed by atoms with E-state index in [2.05, 4.69) is 62.4 Å². The van der Waals surface area contributed by atoms with E-state index in [1.807, 2.05) is 24.6 Å². The number of halogens is 1. The van der Waals surface area contributed by atoms with Crippen LogP contribution in [0.3, 0.4) is 0 Å². The van der Waals surface area contributed by atoms with E-state index >= 15 is 0 Å². The first kappa shape index (κ1) is 24.1. The predicted molar refractivity (Wildman–Crippen MR) is 132 cm³/mol. The van der Waals surface area contributed by atoms with Crippen molar-refractivity contribution in [3.63, 3.8) is 0 Å². The lowest BCUT2D eigenvalue weighted by molar-refractivity contribution is 0.621. The van der Waals surface area contributed by atoms with Crippen molar-refractivity contribution in [1.82, 2.24) is 34.9 Å². The third kappa shape index (κ3) is 6.16. The lowest BCUT2D eigenvalue weighted by Gasteiger charge is -2.13. The molecule has 1 aromatic carbocycles. The minimum Gasteiger partial charge on any atom is -0.356 e. The van der Waals surface area contributed by atoms with Gasteiger partial charge in [0.1, 0.15) is 18.2 Å². The van der Waals surface area contributed by atoms with Crippen LogP contribution in [0, 0.1) is 13.8 Å². The summed E-state index contributed by atoms with van der Waals surface area (Å²) in [5, 5.41) is 15.2. The number of aryl methyl sites for hydroxylation is 3. The Bertz CT molecular complexity index is 959. The Labute approximate surface area is 195 Å². The number of hydrogen-bond acceptors (Lipinski definition) is 4. The van der Waals surface area contributed by atoms with E-state index in [0.717, 1.165) is 67.8 Å². The van der Waals surface area contributed by atoms with Gasteiger partial charge in [-0.1, -0.05) is 25.5 Å². The van der Waals surface area contributed by atoms with Gasteiger partial charge in [0.15, 0.2) is 11.8 Å². The highest BCUT2D eigenvalue weighted by Gasteiger charge is 2.07. The fourth-order valence-corrected chi connectivity index (χ4v) is 3.22. The molecule has 2 heterocycles. The lowest BCUT2D eigenvalue weighted by Crippen LogP contribution is -2.38. The minimum atomic E-state index is 0. The van der Waals surface area contributed by atoms with Gasteiger partial charge in [-0.15, -0.1) is 34.2 Å². The van der Waals surface area contributed by atoms with E-state index < -0.39 is 0 Å². The number of nitrogens with zero attached hydrogens (tertiary/aromatic N) is 6. The smallest absolute Gasteiger partial charge is 0.191 e. The number of rotatable bonds is 9. The summed E-state index contributed by atoms with van der Waals surface area (Å²) in [6.07, 6.45) is 3.25. The SMILES string of the molecule is CCCCNC(=NCc1nnc(C)n1C)NCCCn1c(C)nc2ccccc21.I. The average molecular weight is 524 g/mol. The average Bonchev–Trinajstić information content (AvgIpc) is 3.21. The van der Waals surface area contributed by atoms with E-state index in [4.69, 9.17) is 4.99 Å². The number of para-hydroxylation sites is 2. The van der Waals surface area contributed by atoms with Crippen molar-refractivity contribution in [2.75, 3.05) is 13.1 Å². The fourth-order valence-electron chi connectivity index (χ4n) is 3.22. The number of hydrogen-bond donors (Lipinski definition) is 2. The molecule has 3 aromatic rings. The number of unbranched alkanes of at least 4 members (excludes halogenated alkanes) is 1. The highest BCUT2D eigenvalue weighted by atomic mass is 127. The summed E-state index contributed by atoms with van der Waals surface area (Å²) in [5.74, 6) is 3.64. The molecule has 8 nitrogen and oxygen atoms in total. The number of benzene rings is 1. The summed E-state index contributed by atoms with van der Waals surface area (Å²) < 4.78 is 4.25. The summed E-state index contributed by atoms with van der Waals surface area (Å²) in [6.45, 7) is 9.36. The van der Waals surface area contributed by atoms with Crippen LogP contribution >= 0.6 is 24.0 Å². The maximum atomic E-state index is 4.69. The van der Waals surface area contributed by atoms with Crippen LogP contribution in [0.4, 0.5) is 0 Å². The molecule has 2 aromatic heterocycles. The molecule has 2 N–H and O–H groups in total. The van der Waals surface area contributed by atoms with E-state index in [9.17, 15) is 0 Å². The summed E-state index contributed by atoms with van der Waals surface area (Å²) in [5.41, 5.74) is 2.25. The highest BCUT2D eigenvalue weighted by Crippen LogP contribution is 2.15. The van der Waals surface area contributed by atoms with Crippen LogP contribution in [-0.2, 0) is 20.1 Å². The van der Waals surface area contributed by atoms with Crippen LogP contribution in [0.5, 0.6) is 0 Å². The molecule has 0 radical (unpaired) electrons. The maximum Gasteiger partial charge on any atom is 0.191 e. The largest absolute Gasteiger partial charge is 0.356 e. The molecule has 0 amide bonds. The molecule has 0 bridgehead atoms. The number of guanidine groups is 1. The standard InChI is InChI=1S/C21H32N8.HI/c1-5-6-12-22-21(24-15-20-27-26-17(3)28(20)4)23-13-9-14-29-16(2)25-18-10-7-8-11-19(18)29;/h7-8,10-11H,5-6,9,12-15H2,1-4H3,(H2,22,23,24);1H. The van der Waals surface area contributed by atoms with Gasteiger partial charge in [0, 0.05) is 26.7 Å². The van der Waals surface area contributed by atoms with E-state index in [-0.39, 0.29) is 24.0 Å². The van der Waals surface area contributed by atoms with Crippen LogP contribution < -0.4 is 10.6 Å². The second kappa shape index (κ2) is 11.9. The monoisotopic (exact) mass is 524 g/mol. The van der Waals surface area contributed by atoms with Gasteiger partial charge in [-0.2, -0.15) is 0 Å². The van der Waals surface area contributed by atoms with Gasteiger partial charge in [-0.3, -0.25) is 0 Å². The second-order valence-corrected chi connectivity index (χ2v) is 7.25. The molecule has 3 rings (SSSR count). The Kier molecular flexibility index (Phi) is 9.54. The van der Waals surface area contributed by atoms with Crippen LogP contribution in [0.15, 0.2) is 29.3 Å². The van der Waals surface area contributed by atoms with Crippen LogP contribution in [0.1, 0.15) is 43.7 Å². The van der Waals surface area contributed by atoms with Crippen molar-refractivity contribution < 1.29 is 0 Å². The Morgan fingerprint density at radius 3 is 2.47 bits per heavy atom. The van der Waals surface area contributed by atoms with Crippen molar-refractivity contribution in [2.24, 2.45) is 12.0 Å². The topological polar surface area (TPSA) is 85.0 Å². The summed E-state index contributed by atoms with van der Waals surface area (Å²) in [6, 6.07) is 8.29. The maximum absolute atomic E-state index is 4.69. The van der Waals surface area contributed by atoms with Gasteiger partial charge in [0.05, 0.1) is 11.0 Å². The third-order valence-electron chi connectivity index (χ3n) is 5.08. The highest BCUT2D eigenvalue weighted by molar-refractivity contribution is 14.0. The zero-order valence-electron chi connectivity index (χ0n) is 18.4. The number of nitrogens with one attached hydrogen (secondary N) is 2. The summed E-state index contributed by atoms with van der Waals surface area (Å²) >= 11 is 0. The first-order valence-corrected chi connectivity index (χ1v) is 10.4. The molecule has 30 heavy (non-hydrogen) atoms. The normalized spacial score (nSPS) is 11.5. The van der Waals surface area contributed by atoms with Crippen molar-refractivity contribution in [1.29, 1.82) is 0 Å². The van der Waals surface area contributed by atoms with Gasteiger partial charge < -0.3 is 19.8 Å². The van der Waals surface area contributed by atoms with E-state index in [1.54, 1.807) is 0 Å². The van der Waals surface area contributed by atoms with Gasteiger partial charge in [0.2, 0.25) is 0 Å². The summed E-state index contributed by atoms with van der Waals surface area (Å²) in [4.78, 5) is 9.34. The van der Waals surface area contributed by atoms with Crippen molar-refractivity contribution in [2.45, 2.75) is 53.1 Å². The van der Waals surface area contributed by atoms with Gasteiger partial charge >= 0.3 is 0 Å². The lowest BCUT2D eigenvalue weighted by atomic mass is 10.3. The molecule has 0 atom stereocenters. The zero-order chi connectivity index (χ0) is 20.6. The van der Waals surface area contributed by atoms with E-state index in [0.29, 0.717) is 6.54 Å². The number of imidazole rings is 1. The van der Waals surface area contributed by atoms with Gasteiger partial charge in [-0.25, -0.2) is 9.98 Å². The number of aromatic nitrogens is 5. The van der Waals surface area contributed by atoms with Crippen molar-refractivity contribution in [3.8, 4) is 0 Å². The quantitative estimate of drug-likeness (QED) is 0.194. The van der Waals surface area contributed by atoms with Crippen LogP contribution in [0.2, 0.25) is 0 Å². The predicted octanol–water partition coefficient (Wildman–Crippen LogP) is 3.33. The van der Waals surface area contributed by atoms with E-state index in [1.165, 1.54) is 5.52 Å². The van der Waals surface area contributed by atoms with Crippen LogP contribution in [-0.4, -0.2) is 43.4 Å². The molecule has 0 aliphatic heterocycles. The molecule has 9 heteroatoms. The molecule has 0 saturated carbocycles. The van der Waals surface area contributed by atoms with Gasteiger partial charge in [0.25, 0.3) is 0 Å². The second-order valence-electron chi connectivity index (χ2n) is 7.25. The molecule has 0 saturated heterocycles.